The number of urea groups is 1. The van der Waals surface area contributed by atoms with Gasteiger partial charge >= 0.3 is 12.1 Å². The molecule has 0 aliphatic carbocycles. The van der Waals surface area contributed by atoms with E-state index >= 15 is 0 Å². The van der Waals surface area contributed by atoms with Crippen LogP contribution in [-0.2, 0) is 54.3 Å². The van der Waals surface area contributed by atoms with E-state index in [2.05, 4.69) is 46.9 Å². The van der Waals surface area contributed by atoms with Gasteiger partial charge in [0.15, 0.2) is 11.5 Å². The second kappa shape index (κ2) is 33.8. The van der Waals surface area contributed by atoms with E-state index in [9.17, 15) is 38.4 Å². The highest BCUT2D eigenvalue weighted by molar-refractivity contribution is 6.13. The van der Waals surface area contributed by atoms with E-state index in [1.54, 1.807) is 74.8 Å². The van der Waals surface area contributed by atoms with Crippen molar-refractivity contribution in [2.75, 3.05) is 121 Å². The summed E-state index contributed by atoms with van der Waals surface area (Å²) in [5.41, 5.74) is 14.3. The normalized spacial score (nSPS) is 13.6. The second-order valence-corrected chi connectivity index (χ2v) is 19.3. The Morgan fingerprint density at radius 2 is 1.49 bits per heavy atom. The third kappa shape index (κ3) is 21.1. The quantitative estimate of drug-likeness (QED) is 0.0257. The van der Waals surface area contributed by atoms with Gasteiger partial charge in [-0.2, -0.15) is 0 Å². The Bertz CT molecular complexity index is 2890. The molecule has 28 heteroatoms. The lowest BCUT2D eigenvalue weighted by molar-refractivity contribution is -0.137. The zero-order valence-electron chi connectivity index (χ0n) is 47.2. The van der Waals surface area contributed by atoms with Crippen molar-refractivity contribution in [1.82, 2.24) is 41.1 Å². The molecule has 0 radical (unpaired) electrons. The number of benzene rings is 2. The van der Waals surface area contributed by atoms with Crippen molar-refractivity contribution in [3.63, 3.8) is 0 Å². The highest BCUT2D eigenvalue weighted by atomic mass is 16.6. The van der Waals surface area contributed by atoms with Gasteiger partial charge in [-0.15, -0.1) is 0 Å². The van der Waals surface area contributed by atoms with Gasteiger partial charge in [-0.1, -0.05) is 26.0 Å². The average molecular weight is 1170 g/mol. The van der Waals surface area contributed by atoms with Gasteiger partial charge in [-0.05, 0) is 67.1 Å². The molecule has 0 fully saturated rings. The highest BCUT2D eigenvalue weighted by Crippen LogP contribution is 2.34. The second-order valence-electron chi connectivity index (χ2n) is 19.3. The molecule has 0 saturated heterocycles. The van der Waals surface area contributed by atoms with Gasteiger partial charge in [0.05, 0.1) is 102 Å². The third-order valence-corrected chi connectivity index (χ3v) is 12.7. The Morgan fingerprint density at radius 3 is 2.19 bits per heavy atom. The molecule has 2 aliphatic rings. The molecule has 84 heavy (non-hydrogen) atoms. The first-order valence-corrected chi connectivity index (χ1v) is 27.3. The lowest BCUT2D eigenvalue weighted by atomic mass is 10.0. The molecule has 0 saturated carbocycles. The number of nitrogen functional groups attached to an aromatic ring is 1. The topological polar surface area (TPSA) is 371 Å². The molecule has 2 aromatic carbocycles. The Labute approximate surface area is 485 Å². The summed E-state index contributed by atoms with van der Waals surface area (Å²) >= 11 is 0. The number of nitrogens with one attached hydrogen (secondary N) is 6. The molecule has 28 nitrogen and oxygen atoms in total. The minimum Gasteiger partial charge on any atom is -0.494 e. The summed E-state index contributed by atoms with van der Waals surface area (Å²) in [5, 5.41) is 16.3. The first kappa shape index (κ1) is 64.2. The average Bonchev–Trinajstić information content (AvgIpc) is 3.48. The monoisotopic (exact) mass is 1170 g/mol. The van der Waals surface area contributed by atoms with Crippen LogP contribution in [0.3, 0.4) is 0 Å². The first-order chi connectivity index (χ1) is 40.6. The predicted molar refractivity (Wildman–Crippen MR) is 305 cm³/mol. The highest BCUT2D eigenvalue weighted by Gasteiger charge is 2.29. The summed E-state index contributed by atoms with van der Waals surface area (Å²) in [6.45, 7) is 6.90. The lowest BCUT2D eigenvalue weighted by Crippen LogP contribution is -2.54. The molecule has 452 valence electrons. The predicted octanol–water partition coefficient (Wildman–Crippen LogP) is 2.29. The van der Waals surface area contributed by atoms with E-state index in [4.69, 9.17) is 44.6 Å². The third-order valence-electron chi connectivity index (χ3n) is 12.7. The van der Waals surface area contributed by atoms with Crippen LogP contribution in [0.2, 0.25) is 0 Å². The number of pyridine rings is 1. The summed E-state index contributed by atoms with van der Waals surface area (Å²) < 4.78 is 39.5. The van der Waals surface area contributed by atoms with E-state index in [0.29, 0.717) is 79.1 Å². The molecule has 2 aromatic heterocycles. The molecular weight excluding hydrogens is 1090 g/mol. The fourth-order valence-electron chi connectivity index (χ4n) is 8.16. The van der Waals surface area contributed by atoms with Crippen LogP contribution < -0.4 is 57.7 Å². The van der Waals surface area contributed by atoms with Gasteiger partial charge in [0.1, 0.15) is 36.8 Å². The standard InChI is InChI=1S/C56H73N13O15/c1-36(2)49(67-46(70)16-23-78-26-28-80-30-31-81-29-27-79-24-21-69-47(71)13-14-48(69)72)53(74)65-41(6-4-17-60-55(58)76)52(73)63-38-9-7-37(8-10-38)35-84-56(77)61-18-5-22-82-39-11-12-45-40(32-39)42-34-62-51(57)50(64-42)54(75)66-43-33-59-19-15-44(43)68(3)20-25-83-45/h7-15,19,32-34,36,41,49H,4-6,16-18,20-31,35H2,1-3H3,(H2,57,62)(H,61,77)(H,63,73)(H,65,74)(H,66,75)(H,67,70)(H3,58,60,76)/t41-,49?/m0/s1. The van der Waals surface area contributed by atoms with Crippen LogP contribution in [0.1, 0.15) is 55.6 Å². The number of likely N-dealkylation sites (N-methyl/N-ethyl adjacent to an activating group) is 1. The first-order valence-electron chi connectivity index (χ1n) is 27.3. The van der Waals surface area contributed by atoms with Crippen molar-refractivity contribution in [3.8, 4) is 22.8 Å². The van der Waals surface area contributed by atoms with Crippen LogP contribution in [0, 0.1) is 5.92 Å². The molecule has 0 spiro atoms. The number of hydrogen-bond donors (Lipinski definition) is 8. The van der Waals surface area contributed by atoms with Gasteiger partial charge < -0.3 is 81.4 Å². The van der Waals surface area contributed by atoms with E-state index < -0.39 is 47.8 Å². The Morgan fingerprint density at radius 1 is 0.798 bits per heavy atom. The number of rotatable bonds is 32. The fraction of sp³-hybridized carbons (Fsp3) is 0.446. The minimum absolute atomic E-state index is 0.0416. The number of carbonyl (C=O) groups is 8. The molecule has 4 aromatic rings. The number of primary amides is 1. The number of fused-ring (bicyclic) bond motifs is 5. The SMILES string of the molecule is CC(C)C(NC(=O)CCOCCOCCOCCOCCN1C(=O)C=CC1=O)C(=O)N[C@@H](CCCNC(N)=O)C(=O)Nc1ccc(COC(=O)NCCCOc2ccc3c(c2)-c2cnc(N)c(n2)C(=O)Nc2cnccc2N(C)CCO3)cc1. The van der Waals surface area contributed by atoms with Crippen molar-refractivity contribution in [2.24, 2.45) is 11.7 Å². The number of imide groups is 1. The smallest absolute Gasteiger partial charge is 0.407 e. The lowest BCUT2D eigenvalue weighted by Gasteiger charge is -2.25. The number of carbonyl (C=O) groups excluding carboxylic acids is 8. The molecule has 2 bridgehead atoms. The summed E-state index contributed by atoms with van der Waals surface area (Å²) in [4.78, 5) is 117. The summed E-state index contributed by atoms with van der Waals surface area (Å²) in [6, 6.07) is 10.7. The Hall–Kier alpha value is -8.99. The molecule has 1 unspecified atom stereocenters. The van der Waals surface area contributed by atoms with Crippen molar-refractivity contribution in [3.05, 3.63) is 90.5 Å². The molecule has 4 heterocycles. The zero-order valence-corrected chi connectivity index (χ0v) is 47.2. The number of hydrogen-bond acceptors (Lipinski definition) is 20. The van der Waals surface area contributed by atoms with E-state index in [1.807, 2.05) is 11.9 Å². The van der Waals surface area contributed by atoms with Gasteiger partial charge in [0, 0.05) is 56.2 Å². The molecule has 6 rings (SSSR count). The van der Waals surface area contributed by atoms with Crippen LogP contribution in [0.25, 0.3) is 11.3 Å². The number of nitrogens with zero attached hydrogens (tertiary/aromatic N) is 5. The van der Waals surface area contributed by atoms with Crippen molar-refractivity contribution in [1.29, 1.82) is 0 Å². The van der Waals surface area contributed by atoms with Crippen LogP contribution in [0.15, 0.2) is 79.3 Å². The van der Waals surface area contributed by atoms with Crippen LogP contribution >= 0.6 is 0 Å². The minimum atomic E-state index is -1.07. The van der Waals surface area contributed by atoms with Crippen molar-refractivity contribution >= 4 is 70.4 Å². The number of ether oxygens (including phenoxy) is 7. The number of alkyl carbamates (subject to hydrolysis) is 1. The van der Waals surface area contributed by atoms with E-state index in [1.165, 1.54) is 18.3 Å². The van der Waals surface area contributed by atoms with Gasteiger partial charge in [0.25, 0.3) is 17.7 Å². The van der Waals surface area contributed by atoms with Crippen LogP contribution in [0.5, 0.6) is 11.5 Å². The van der Waals surface area contributed by atoms with Gasteiger partial charge in [0.2, 0.25) is 17.7 Å². The molecule has 10 N–H and O–H groups in total. The number of aromatic nitrogens is 3. The van der Waals surface area contributed by atoms with E-state index in [-0.39, 0.29) is 114 Å². The summed E-state index contributed by atoms with van der Waals surface area (Å²) in [5.74, 6) is -2.30. The molecular formula is C56H73N13O15. The van der Waals surface area contributed by atoms with E-state index in [0.717, 1.165) is 10.6 Å². The maximum atomic E-state index is 13.6. The van der Waals surface area contributed by atoms with Gasteiger partial charge in [-0.25, -0.2) is 19.6 Å². The fourth-order valence-corrected chi connectivity index (χ4v) is 8.16. The Balaban J connectivity index is 0.878. The number of nitrogens with two attached hydrogens (primary N) is 2. The van der Waals surface area contributed by atoms with Crippen molar-refractivity contribution < 1.29 is 71.5 Å². The van der Waals surface area contributed by atoms with Crippen LogP contribution in [0.4, 0.5) is 32.5 Å². The molecule has 2 atom stereocenters. The number of anilines is 4. The Kier molecular flexibility index (Phi) is 25.8. The van der Waals surface area contributed by atoms with Crippen LogP contribution in [-0.4, -0.2) is 179 Å². The maximum Gasteiger partial charge on any atom is 0.407 e. The van der Waals surface area contributed by atoms with Gasteiger partial charge in [-0.3, -0.25) is 38.7 Å². The maximum absolute atomic E-state index is 13.6. The summed E-state index contributed by atoms with van der Waals surface area (Å²) in [6.07, 6.45) is 7.18. The molecule has 2 aliphatic heterocycles. The largest absolute Gasteiger partial charge is 0.494 e. The number of amides is 9. The summed E-state index contributed by atoms with van der Waals surface area (Å²) in [7, 11) is 1.87. The van der Waals surface area contributed by atoms with Crippen molar-refractivity contribution in [2.45, 2.75) is 58.2 Å². The zero-order chi connectivity index (χ0) is 60.2. The molecule has 9 amide bonds.